The molecule has 0 aromatic carbocycles. The van der Waals surface area contributed by atoms with E-state index in [9.17, 15) is 9.59 Å². The zero-order valence-corrected chi connectivity index (χ0v) is 10.7. The summed E-state index contributed by atoms with van der Waals surface area (Å²) in [4.78, 5) is 27.8. The first kappa shape index (κ1) is 12.9. The van der Waals surface area contributed by atoms with E-state index in [0.29, 0.717) is 5.82 Å². The van der Waals surface area contributed by atoms with Gasteiger partial charge in [0, 0.05) is 26.2 Å². The Kier molecular flexibility index (Phi) is 4.19. The van der Waals surface area contributed by atoms with Crippen molar-refractivity contribution in [3.8, 4) is 0 Å². The number of rotatable bonds is 4. The van der Waals surface area contributed by atoms with Gasteiger partial charge in [-0.3, -0.25) is 14.3 Å². The van der Waals surface area contributed by atoms with Crippen LogP contribution in [0.4, 0.5) is 5.82 Å². The molecule has 2 rings (SSSR count). The van der Waals surface area contributed by atoms with Gasteiger partial charge in [0.2, 0.25) is 0 Å². The molecule has 1 fully saturated rings. The number of piperidine rings is 1. The quantitative estimate of drug-likeness (QED) is 0.789. The van der Waals surface area contributed by atoms with Crippen molar-refractivity contribution in [1.82, 2.24) is 14.5 Å². The van der Waals surface area contributed by atoms with E-state index in [0.717, 1.165) is 30.7 Å². The minimum Gasteiger partial charge on any atom is -0.370 e. The summed E-state index contributed by atoms with van der Waals surface area (Å²) >= 11 is 0. The number of hydrogen-bond acceptors (Lipinski definition) is 4. The van der Waals surface area contributed by atoms with Crippen molar-refractivity contribution in [1.29, 1.82) is 0 Å². The summed E-state index contributed by atoms with van der Waals surface area (Å²) in [6.45, 7) is 3.98. The fraction of sp³-hybridized carbons (Fsp3) is 0.667. The second-order valence-corrected chi connectivity index (χ2v) is 4.71. The molecule has 0 spiro atoms. The summed E-state index contributed by atoms with van der Waals surface area (Å²) in [5, 5.41) is 3.09. The minimum absolute atomic E-state index is 0.292. The molecule has 1 saturated heterocycles. The SMILES string of the molecule is Cn1c(=O)cc(NCCN2CCCCC2)[nH]c1=O. The molecule has 1 aromatic heterocycles. The monoisotopic (exact) mass is 252 g/mol. The maximum absolute atomic E-state index is 11.4. The van der Waals surface area contributed by atoms with E-state index in [1.54, 1.807) is 0 Å². The fourth-order valence-corrected chi connectivity index (χ4v) is 2.18. The number of anilines is 1. The van der Waals surface area contributed by atoms with Gasteiger partial charge in [0.15, 0.2) is 0 Å². The van der Waals surface area contributed by atoms with Crippen LogP contribution in [-0.4, -0.2) is 40.6 Å². The molecule has 0 radical (unpaired) electrons. The summed E-state index contributed by atoms with van der Waals surface area (Å²) < 4.78 is 1.05. The summed E-state index contributed by atoms with van der Waals surface area (Å²) in [6.07, 6.45) is 3.86. The molecule has 0 unspecified atom stereocenters. The van der Waals surface area contributed by atoms with Gasteiger partial charge in [0.1, 0.15) is 5.82 Å². The molecule has 1 aliphatic rings. The number of hydrogen-bond donors (Lipinski definition) is 2. The lowest BCUT2D eigenvalue weighted by Crippen LogP contribution is -2.35. The van der Waals surface area contributed by atoms with Gasteiger partial charge in [-0.05, 0) is 25.9 Å². The highest BCUT2D eigenvalue weighted by Gasteiger charge is 2.09. The van der Waals surface area contributed by atoms with Gasteiger partial charge in [0.25, 0.3) is 5.56 Å². The molecule has 0 atom stereocenters. The third kappa shape index (κ3) is 3.22. The molecular weight excluding hydrogens is 232 g/mol. The summed E-state index contributed by atoms with van der Waals surface area (Å²) in [6, 6.07) is 1.41. The standard InChI is InChI=1S/C12H20N4O2/c1-15-11(17)9-10(14-12(15)18)13-5-8-16-6-3-2-4-7-16/h9,13H,2-8H2,1H3,(H,14,18). The average molecular weight is 252 g/mol. The molecule has 0 aliphatic carbocycles. The highest BCUT2D eigenvalue weighted by atomic mass is 16.2. The van der Waals surface area contributed by atoms with Crippen LogP contribution in [0, 0.1) is 0 Å². The molecule has 0 bridgehead atoms. The number of aromatic nitrogens is 2. The molecule has 2 heterocycles. The van der Waals surface area contributed by atoms with E-state index in [4.69, 9.17) is 0 Å². The van der Waals surface area contributed by atoms with Crippen molar-refractivity contribution in [2.45, 2.75) is 19.3 Å². The average Bonchev–Trinajstić information content (AvgIpc) is 2.37. The lowest BCUT2D eigenvalue weighted by molar-refractivity contribution is 0.237. The maximum Gasteiger partial charge on any atom is 0.329 e. The Morgan fingerprint density at radius 1 is 1.28 bits per heavy atom. The predicted octanol–water partition coefficient (Wildman–Crippen LogP) is -0.0286. The number of aromatic amines is 1. The Morgan fingerprint density at radius 2 is 2.00 bits per heavy atom. The second-order valence-electron chi connectivity index (χ2n) is 4.71. The van der Waals surface area contributed by atoms with E-state index in [-0.39, 0.29) is 11.2 Å². The van der Waals surface area contributed by atoms with Crippen LogP contribution in [0.2, 0.25) is 0 Å². The van der Waals surface area contributed by atoms with Crippen molar-refractivity contribution in [3.05, 3.63) is 26.9 Å². The van der Waals surface area contributed by atoms with E-state index < -0.39 is 0 Å². The maximum atomic E-state index is 11.4. The third-order valence-corrected chi connectivity index (χ3v) is 3.34. The highest BCUT2D eigenvalue weighted by Crippen LogP contribution is 2.07. The number of nitrogens with one attached hydrogen (secondary N) is 2. The summed E-state index contributed by atoms with van der Waals surface area (Å²) in [5.74, 6) is 0.500. The fourth-order valence-electron chi connectivity index (χ4n) is 2.18. The van der Waals surface area contributed by atoms with Crippen LogP contribution < -0.4 is 16.6 Å². The first-order valence-electron chi connectivity index (χ1n) is 6.43. The third-order valence-electron chi connectivity index (χ3n) is 3.34. The van der Waals surface area contributed by atoms with Gasteiger partial charge >= 0.3 is 5.69 Å². The van der Waals surface area contributed by atoms with E-state index in [1.807, 2.05) is 0 Å². The Labute approximate surface area is 106 Å². The van der Waals surface area contributed by atoms with Crippen LogP contribution in [0.25, 0.3) is 0 Å². The highest BCUT2D eigenvalue weighted by molar-refractivity contribution is 5.31. The van der Waals surface area contributed by atoms with Crippen LogP contribution in [0.1, 0.15) is 19.3 Å². The topological polar surface area (TPSA) is 70.1 Å². The van der Waals surface area contributed by atoms with E-state index in [2.05, 4.69) is 15.2 Å². The van der Waals surface area contributed by atoms with Crippen molar-refractivity contribution in [2.24, 2.45) is 7.05 Å². The van der Waals surface area contributed by atoms with Gasteiger partial charge in [-0.25, -0.2) is 4.79 Å². The lowest BCUT2D eigenvalue weighted by atomic mass is 10.1. The summed E-state index contributed by atoms with van der Waals surface area (Å²) in [7, 11) is 1.46. The van der Waals surface area contributed by atoms with Crippen molar-refractivity contribution in [2.75, 3.05) is 31.5 Å². The van der Waals surface area contributed by atoms with Gasteiger partial charge in [0.05, 0.1) is 0 Å². The predicted molar refractivity (Wildman–Crippen MR) is 71.1 cm³/mol. The molecule has 1 aliphatic heterocycles. The largest absolute Gasteiger partial charge is 0.370 e. The smallest absolute Gasteiger partial charge is 0.329 e. The number of H-pyrrole nitrogens is 1. The van der Waals surface area contributed by atoms with Crippen LogP contribution in [0.5, 0.6) is 0 Å². The van der Waals surface area contributed by atoms with Crippen LogP contribution in [0.15, 0.2) is 15.7 Å². The molecular formula is C12H20N4O2. The van der Waals surface area contributed by atoms with Gasteiger partial charge < -0.3 is 10.2 Å². The van der Waals surface area contributed by atoms with Gasteiger partial charge in [-0.2, -0.15) is 0 Å². The zero-order chi connectivity index (χ0) is 13.0. The molecule has 6 heteroatoms. The summed E-state index contributed by atoms with van der Waals surface area (Å²) in [5.41, 5.74) is -0.679. The Morgan fingerprint density at radius 3 is 2.67 bits per heavy atom. The molecule has 18 heavy (non-hydrogen) atoms. The zero-order valence-electron chi connectivity index (χ0n) is 10.7. The minimum atomic E-state index is -0.386. The first-order valence-corrected chi connectivity index (χ1v) is 6.43. The van der Waals surface area contributed by atoms with Crippen LogP contribution >= 0.6 is 0 Å². The van der Waals surface area contributed by atoms with Crippen molar-refractivity contribution >= 4 is 5.82 Å². The second kappa shape index (κ2) is 5.86. The van der Waals surface area contributed by atoms with Crippen molar-refractivity contribution in [3.63, 3.8) is 0 Å². The van der Waals surface area contributed by atoms with Gasteiger partial charge in [-0.1, -0.05) is 6.42 Å². The van der Waals surface area contributed by atoms with Crippen LogP contribution in [-0.2, 0) is 7.05 Å². The Bertz CT molecular complexity index is 468. The first-order chi connectivity index (χ1) is 8.66. The van der Waals surface area contributed by atoms with Gasteiger partial charge in [-0.15, -0.1) is 0 Å². The molecule has 0 amide bonds. The van der Waals surface area contributed by atoms with E-state index in [1.165, 1.54) is 32.4 Å². The van der Waals surface area contributed by atoms with E-state index >= 15 is 0 Å². The molecule has 100 valence electrons. The van der Waals surface area contributed by atoms with Crippen LogP contribution in [0.3, 0.4) is 0 Å². The molecule has 1 aromatic rings. The Balaban J connectivity index is 1.86. The number of likely N-dealkylation sites (tertiary alicyclic amines) is 1. The Hall–Kier alpha value is -1.56. The molecule has 2 N–H and O–H groups in total. The lowest BCUT2D eigenvalue weighted by Gasteiger charge is -2.26. The normalized spacial score (nSPS) is 16.7. The number of nitrogens with zero attached hydrogens (tertiary/aromatic N) is 2. The molecule has 6 nitrogen and oxygen atoms in total. The molecule has 0 saturated carbocycles. The van der Waals surface area contributed by atoms with Crippen molar-refractivity contribution < 1.29 is 0 Å².